The molecule has 0 amide bonds. The van der Waals surface area contributed by atoms with Crippen LogP contribution in [0.15, 0.2) is 29.4 Å². The maximum absolute atomic E-state index is 12.0. The maximum Gasteiger partial charge on any atom is 0.415 e. The van der Waals surface area contributed by atoms with Gasteiger partial charge in [0, 0.05) is 18.7 Å². The molecule has 19 heavy (non-hydrogen) atoms. The SMILES string of the molecule is N/C(=N/O)c1ccc(CNCC(O)C(F)(F)F)cc1. The van der Waals surface area contributed by atoms with Crippen molar-refractivity contribution in [1.82, 2.24) is 5.32 Å². The van der Waals surface area contributed by atoms with Gasteiger partial charge in [0.2, 0.25) is 0 Å². The van der Waals surface area contributed by atoms with Crippen molar-refractivity contribution in [3.8, 4) is 0 Å². The molecule has 0 saturated carbocycles. The normalized spacial score (nSPS) is 14.4. The van der Waals surface area contributed by atoms with Gasteiger partial charge in [-0.1, -0.05) is 29.4 Å². The summed E-state index contributed by atoms with van der Waals surface area (Å²) in [5.41, 5.74) is 6.57. The van der Waals surface area contributed by atoms with Crippen LogP contribution in [0.1, 0.15) is 11.1 Å². The molecule has 0 saturated heterocycles. The second-order valence-electron chi connectivity index (χ2n) is 3.87. The van der Waals surface area contributed by atoms with Crippen LogP contribution >= 0.6 is 0 Å². The van der Waals surface area contributed by atoms with Crippen molar-refractivity contribution in [3.63, 3.8) is 0 Å². The Morgan fingerprint density at radius 2 is 1.89 bits per heavy atom. The average Bonchev–Trinajstić information content (AvgIpc) is 2.37. The van der Waals surface area contributed by atoms with Crippen LogP contribution in [0.25, 0.3) is 0 Å². The van der Waals surface area contributed by atoms with E-state index >= 15 is 0 Å². The fourth-order valence-electron chi connectivity index (χ4n) is 1.32. The number of nitrogens with one attached hydrogen (secondary N) is 1. The number of halogens is 3. The van der Waals surface area contributed by atoms with Crippen molar-refractivity contribution in [2.45, 2.75) is 18.8 Å². The predicted molar refractivity (Wildman–Crippen MR) is 62.7 cm³/mol. The Morgan fingerprint density at radius 1 is 1.32 bits per heavy atom. The molecule has 8 heteroatoms. The fourth-order valence-corrected chi connectivity index (χ4v) is 1.32. The smallest absolute Gasteiger partial charge is 0.409 e. The number of amidine groups is 1. The number of alkyl halides is 3. The molecule has 1 aromatic carbocycles. The topological polar surface area (TPSA) is 90.9 Å². The number of rotatable bonds is 5. The Morgan fingerprint density at radius 3 is 2.37 bits per heavy atom. The summed E-state index contributed by atoms with van der Waals surface area (Å²) in [6, 6.07) is 6.40. The number of hydrogen-bond acceptors (Lipinski definition) is 4. The molecule has 0 aromatic heterocycles. The molecule has 1 aromatic rings. The third-order valence-corrected chi connectivity index (χ3v) is 2.40. The third-order valence-electron chi connectivity index (χ3n) is 2.40. The quantitative estimate of drug-likeness (QED) is 0.277. The van der Waals surface area contributed by atoms with Crippen LogP contribution < -0.4 is 11.1 Å². The highest BCUT2D eigenvalue weighted by Gasteiger charge is 2.37. The van der Waals surface area contributed by atoms with Crippen molar-refractivity contribution in [1.29, 1.82) is 0 Å². The first-order valence-electron chi connectivity index (χ1n) is 5.37. The molecule has 5 nitrogen and oxygen atoms in total. The molecule has 0 radical (unpaired) electrons. The van der Waals surface area contributed by atoms with Gasteiger partial charge in [0.15, 0.2) is 11.9 Å². The van der Waals surface area contributed by atoms with Gasteiger partial charge < -0.3 is 21.4 Å². The van der Waals surface area contributed by atoms with Crippen LogP contribution in [-0.2, 0) is 6.54 Å². The second kappa shape index (κ2) is 6.39. The molecule has 0 fully saturated rings. The minimum Gasteiger partial charge on any atom is -0.409 e. The highest BCUT2D eigenvalue weighted by Crippen LogP contribution is 2.19. The molecular weight excluding hydrogens is 263 g/mol. The van der Waals surface area contributed by atoms with E-state index in [4.69, 9.17) is 16.0 Å². The van der Waals surface area contributed by atoms with Gasteiger partial charge in [-0.3, -0.25) is 0 Å². The molecule has 0 heterocycles. The molecule has 0 aliphatic rings. The Balaban J connectivity index is 2.47. The number of benzene rings is 1. The molecular formula is C11H14F3N3O2. The number of aliphatic hydroxyl groups is 1. The van der Waals surface area contributed by atoms with E-state index in [2.05, 4.69) is 10.5 Å². The number of nitrogens with two attached hydrogens (primary N) is 1. The van der Waals surface area contributed by atoms with E-state index in [0.29, 0.717) is 11.1 Å². The van der Waals surface area contributed by atoms with Gasteiger partial charge in [-0.05, 0) is 5.56 Å². The van der Waals surface area contributed by atoms with E-state index in [1.165, 1.54) is 0 Å². The van der Waals surface area contributed by atoms with Gasteiger partial charge in [0.25, 0.3) is 0 Å². The summed E-state index contributed by atoms with van der Waals surface area (Å²) >= 11 is 0. The summed E-state index contributed by atoms with van der Waals surface area (Å²) in [5, 5.41) is 22.5. The van der Waals surface area contributed by atoms with Crippen molar-refractivity contribution in [3.05, 3.63) is 35.4 Å². The van der Waals surface area contributed by atoms with Crippen LogP contribution in [0.2, 0.25) is 0 Å². The van der Waals surface area contributed by atoms with Gasteiger partial charge in [0.05, 0.1) is 0 Å². The van der Waals surface area contributed by atoms with Crippen molar-refractivity contribution >= 4 is 5.84 Å². The van der Waals surface area contributed by atoms with Gasteiger partial charge in [-0.2, -0.15) is 13.2 Å². The lowest BCUT2D eigenvalue weighted by atomic mass is 10.1. The van der Waals surface area contributed by atoms with E-state index in [1.54, 1.807) is 24.3 Å². The largest absolute Gasteiger partial charge is 0.415 e. The number of nitrogens with zero attached hydrogens (tertiary/aromatic N) is 1. The zero-order valence-electron chi connectivity index (χ0n) is 9.85. The molecule has 0 aliphatic heterocycles. The molecule has 5 N–H and O–H groups in total. The van der Waals surface area contributed by atoms with Crippen LogP contribution in [0.3, 0.4) is 0 Å². The van der Waals surface area contributed by atoms with Crippen LogP contribution in [0.5, 0.6) is 0 Å². The van der Waals surface area contributed by atoms with Crippen molar-refractivity contribution in [2.24, 2.45) is 10.9 Å². The average molecular weight is 277 g/mol. The Hall–Kier alpha value is -1.80. The number of hydrogen-bond donors (Lipinski definition) is 4. The molecule has 1 atom stereocenters. The Kier molecular flexibility index (Phi) is 5.13. The number of aliphatic hydroxyl groups excluding tert-OH is 1. The van der Waals surface area contributed by atoms with Crippen molar-refractivity contribution < 1.29 is 23.5 Å². The zero-order chi connectivity index (χ0) is 14.5. The number of oxime groups is 1. The lowest BCUT2D eigenvalue weighted by Gasteiger charge is -2.15. The van der Waals surface area contributed by atoms with Crippen LogP contribution in [0, 0.1) is 0 Å². The van der Waals surface area contributed by atoms with Gasteiger partial charge in [0.1, 0.15) is 0 Å². The minimum atomic E-state index is -4.62. The predicted octanol–water partition coefficient (Wildman–Crippen LogP) is 0.794. The summed E-state index contributed by atoms with van der Waals surface area (Å²) < 4.78 is 36.0. The monoisotopic (exact) mass is 277 g/mol. The molecule has 0 bridgehead atoms. The van der Waals surface area contributed by atoms with Gasteiger partial charge >= 0.3 is 6.18 Å². The van der Waals surface area contributed by atoms with Gasteiger partial charge in [-0.15, -0.1) is 0 Å². The van der Waals surface area contributed by atoms with Gasteiger partial charge in [-0.25, -0.2) is 0 Å². The maximum atomic E-state index is 12.0. The van der Waals surface area contributed by atoms with E-state index in [1.807, 2.05) is 0 Å². The molecule has 1 unspecified atom stereocenters. The van der Waals surface area contributed by atoms with Crippen LogP contribution in [-0.4, -0.2) is 35.0 Å². The summed E-state index contributed by atoms with van der Waals surface area (Å²) in [5.74, 6) is -0.0491. The van der Waals surface area contributed by atoms with E-state index in [0.717, 1.165) is 0 Å². The Bertz CT molecular complexity index is 432. The third kappa shape index (κ3) is 4.76. The van der Waals surface area contributed by atoms with E-state index < -0.39 is 18.8 Å². The van der Waals surface area contributed by atoms with Crippen LogP contribution in [0.4, 0.5) is 13.2 Å². The lowest BCUT2D eigenvalue weighted by molar-refractivity contribution is -0.201. The van der Waals surface area contributed by atoms with E-state index in [9.17, 15) is 13.2 Å². The first kappa shape index (κ1) is 15.3. The van der Waals surface area contributed by atoms with E-state index in [-0.39, 0.29) is 12.4 Å². The second-order valence-corrected chi connectivity index (χ2v) is 3.87. The first-order chi connectivity index (χ1) is 8.84. The summed E-state index contributed by atoms with van der Waals surface area (Å²) in [6.45, 7) is -0.408. The Labute approximate surface area is 107 Å². The highest BCUT2D eigenvalue weighted by atomic mass is 19.4. The summed E-state index contributed by atoms with van der Waals surface area (Å²) in [4.78, 5) is 0. The molecule has 106 valence electrons. The summed E-state index contributed by atoms with van der Waals surface area (Å²) in [6.07, 6.45) is -7.01. The lowest BCUT2D eigenvalue weighted by Crippen LogP contribution is -2.38. The minimum absolute atomic E-state index is 0.0491. The van der Waals surface area contributed by atoms with Crippen molar-refractivity contribution in [2.75, 3.05) is 6.54 Å². The first-order valence-corrected chi connectivity index (χ1v) is 5.37. The summed E-state index contributed by atoms with van der Waals surface area (Å²) in [7, 11) is 0. The fraction of sp³-hybridized carbons (Fsp3) is 0.364. The molecule has 1 rings (SSSR count). The highest BCUT2D eigenvalue weighted by molar-refractivity contribution is 5.96. The standard InChI is InChI=1S/C11H14F3N3O2/c12-11(13,14)9(18)6-16-5-7-1-3-8(4-2-7)10(15)17-19/h1-4,9,16,18-19H,5-6H2,(H2,15,17). The molecule has 0 spiro atoms. The molecule has 0 aliphatic carbocycles. The zero-order valence-corrected chi connectivity index (χ0v) is 9.85.